The number of hydrogen-bond donors (Lipinski definition) is 2. The number of rotatable bonds is 2. The van der Waals surface area contributed by atoms with Crippen molar-refractivity contribution in [3.63, 3.8) is 0 Å². The van der Waals surface area contributed by atoms with E-state index in [-0.39, 0.29) is 5.91 Å². The van der Waals surface area contributed by atoms with Crippen molar-refractivity contribution in [2.45, 2.75) is 32.6 Å². The van der Waals surface area contributed by atoms with Gasteiger partial charge in [0.15, 0.2) is 0 Å². The number of aryl methyl sites for hydroxylation is 1. The van der Waals surface area contributed by atoms with Crippen molar-refractivity contribution in [3.05, 3.63) is 28.8 Å². The summed E-state index contributed by atoms with van der Waals surface area (Å²) in [6.45, 7) is 6.57. The van der Waals surface area contributed by atoms with Crippen LogP contribution >= 0.6 is 0 Å². The van der Waals surface area contributed by atoms with Gasteiger partial charge in [-0.05, 0) is 44.9 Å². The van der Waals surface area contributed by atoms with Crippen LogP contribution in [-0.4, -0.2) is 12.5 Å². The molecule has 0 atom stereocenters. The van der Waals surface area contributed by atoms with Crippen molar-refractivity contribution in [3.8, 4) is 0 Å². The Hall–Kier alpha value is -1.35. The van der Waals surface area contributed by atoms with Gasteiger partial charge < -0.3 is 11.1 Å². The Labute approximate surface area is 96.0 Å². The zero-order chi connectivity index (χ0) is 11.9. The Morgan fingerprint density at radius 1 is 1.38 bits per heavy atom. The Kier molecular flexibility index (Phi) is 2.50. The van der Waals surface area contributed by atoms with Gasteiger partial charge in [-0.2, -0.15) is 0 Å². The number of hydrogen-bond acceptors (Lipinski definition) is 2. The van der Waals surface area contributed by atoms with Crippen LogP contribution in [0.1, 0.15) is 30.5 Å². The van der Waals surface area contributed by atoms with E-state index in [9.17, 15) is 4.79 Å². The molecule has 1 aliphatic heterocycles. The van der Waals surface area contributed by atoms with Crippen LogP contribution < -0.4 is 11.1 Å². The smallest absolute Gasteiger partial charge is 0.234 e. The first-order chi connectivity index (χ1) is 7.46. The number of fused-ring (bicyclic) bond motifs is 1. The number of carbonyl (C=O) groups excluding carboxylic acids is 1. The van der Waals surface area contributed by atoms with Gasteiger partial charge >= 0.3 is 0 Å². The number of amides is 1. The zero-order valence-electron chi connectivity index (χ0n) is 10.1. The molecular formula is C13H18N2O. The third-order valence-electron chi connectivity index (χ3n) is 3.26. The van der Waals surface area contributed by atoms with Crippen LogP contribution in [0.3, 0.4) is 0 Å². The molecule has 3 heteroatoms. The first-order valence-corrected chi connectivity index (χ1v) is 5.62. The Morgan fingerprint density at radius 2 is 2.06 bits per heavy atom. The van der Waals surface area contributed by atoms with E-state index >= 15 is 0 Å². The lowest BCUT2D eigenvalue weighted by Crippen LogP contribution is -2.26. The lowest BCUT2D eigenvalue weighted by molar-refractivity contribution is -0.119. The van der Waals surface area contributed by atoms with E-state index in [4.69, 9.17) is 5.73 Å². The van der Waals surface area contributed by atoms with E-state index in [0.717, 1.165) is 23.2 Å². The normalized spacial score (nSPS) is 17.1. The summed E-state index contributed by atoms with van der Waals surface area (Å²) in [7, 11) is 0. The molecule has 0 radical (unpaired) electrons. The van der Waals surface area contributed by atoms with Crippen LogP contribution in [0, 0.1) is 6.92 Å². The molecule has 0 saturated carbocycles. The van der Waals surface area contributed by atoms with Crippen molar-refractivity contribution < 1.29 is 4.79 Å². The summed E-state index contributed by atoms with van der Waals surface area (Å²) < 4.78 is 0. The van der Waals surface area contributed by atoms with Gasteiger partial charge in [0, 0.05) is 5.69 Å². The monoisotopic (exact) mass is 218 g/mol. The highest BCUT2D eigenvalue weighted by Gasteiger charge is 2.39. The molecule has 2 rings (SSSR count). The number of nitrogens with two attached hydrogens (primary N) is 1. The first-order valence-electron chi connectivity index (χ1n) is 5.62. The Morgan fingerprint density at radius 3 is 2.69 bits per heavy atom. The van der Waals surface area contributed by atoms with Gasteiger partial charge in [0.25, 0.3) is 0 Å². The van der Waals surface area contributed by atoms with E-state index < -0.39 is 5.41 Å². The number of benzene rings is 1. The average molecular weight is 218 g/mol. The summed E-state index contributed by atoms with van der Waals surface area (Å²) in [6, 6.07) is 4.20. The number of carbonyl (C=O) groups is 1. The fraction of sp³-hybridized carbons (Fsp3) is 0.462. The van der Waals surface area contributed by atoms with E-state index in [1.165, 1.54) is 5.56 Å². The fourth-order valence-electron chi connectivity index (χ4n) is 2.25. The van der Waals surface area contributed by atoms with Crippen molar-refractivity contribution in [2.75, 3.05) is 11.9 Å². The van der Waals surface area contributed by atoms with E-state index in [2.05, 4.69) is 24.4 Å². The molecule has 1 aromatic rings. The fourth-order valence-corrected chi connectivity index (χ4v) is 2.25. The molecule has 0 aliphatic carbocycles. The molecule has 1 aromatic carbocycles. The molecule has 1 amide bonds. The third kappa shape index (κ3) is 1.52. The van der Waals surface area contributed by atoms with Crippen LogP contribution in [0.2, 0.25) is 0 Å². The topological polar surface area (TPSA) is 55.1 Å². The predicted octanol–water partition coefficient (Wildman–Crippen LogP) is 1.73. The second-order valence-corrected chi connectivity index (χ2v) is 4.96. The first kappa shape index (κ1) is 11.1. The van der Waals surface area contributed by atoms with Crippen molar-refractivity contribution in [1.82, 2.24) is 0 Å². The molecule has 86 valence electrons. The second-order valence-electron chi connectivity index (χ2n) is 4.96. The lowest BCUT2D eigenvalue weighted by atomic mass is 9.84. The lowest BCUT2D eigenvalue weighted by Gasteiger charge is -2.16. The highest BCUT2D eigenvalue weighted by atomic mass is 16.2. The minimum atomic E-state index is -0.426. The van der Waals surface area contributed by atoms with Crippen LogP contribution in [0.4, 0.5) is 5.69 Å². The van der Waals surface area contributed by atoms with Crippen molar-refractivity contribution in [2.24, 2.45) is 5.73 Å². The summed E-state index contributed by atoms with van der Waals surface area (Å²) >= 11 is 0. The zero-order valence-corrected chi connectivity index (χ0v) is 10.1. The van der Waals surface area contributed by atoms with Gasteiger partial charge in [-0.25, -0.2) is 0 Å². The summed E-state index contributed by atoms with van der Waals surface area (Å²) in [5.74, 6) is 0.0753. The van der Waals surface area contributed by atoms with Crippen molar-refractivity contribution >= 4 is 11.6 Å². The molecule has 0 unspecified atom stereocenters. The summed E-state index contributed by atoms with van der Waals surface area (Å²) in [5, 5.41) is 2.97. The maximum Gasteiger partial charge on any atom is 0.234 e. The molecule has 0 bridgehead atoms. The van der Waals surface area contributed by atoms with Gasteiger partial charge in [0.2, 0.25) is 5.91 Å². The number of nitrogens with one attached hydrogen (secondary N) is 1. The minimum absolute atomic E-state index is 0.0753. The van der Waals surface area contributed by atoms with Crippen LogP contribution in [0.5, 0.6) is 0 Å². The van der Waals surface area contributed by atoms with Gasteiger partial charge in [0.1, 0.15) is 0 Å². The second kappa shape index (κ2) is 3.59. The van der Waals surface area contributed by atoms with Gasteiger partial charge in [-0.1, -0.05) is 17.7 Å². The quantitative estimate of drug-likeness (QED) is 0.794. The van der Waals surface area contributed by atoms with Crippen LogP contribution in [0.15, 0.2) is 12.1 Å². The number of anilines is 1. The molecule has 1 heterocycles. The highest BCUT2D eigenvalue weighted by molar-refractivity contribution is 6.06. The molecule has 0 aromatic heterocycles. The molecule has 3 nitrogen and oxygen atoms in total. The molecule has 0 saturated heterocycles. The SMILES string of the molecule is Cc1cc(CCN)c2c(c1)C(C)(C)C(=O)N2. The molecule has 3 N–H and O–H groups in total. The molecule has 16 heavy (non-hydrogen) atoms. The van der Waals surface area contributed by atoms with E-state index in [1.807, 2.05) is 13.8 Å². The standard InChI is InChI=1S/C13H18N2O/c1-8-6-9(4-5-14)11-10(7-8)13(2,3)12(16)15-11/h6-7H,4-5,14H2,1-3H3,(H,15,16). The van der Waals surface area contributed by atoms with Crippen LogP contribution in [-0.2, 0) is 16.6 Å². The maximum absolute atomic E-state index is 11.9. The average Bonchev–Trinajstić information content (AvgIpc) is 2.41. The van der Waals surface area contributed by atoms with Gasteiger partial charge in [-0.3, -0.25) is 4.79 Å². The predicted molar refractivity (Wildman–Crippen MR) is 65.6 cm³/mol. The Bertz CT molecular complexity index is 449. The Balaban J connectivity index is 2.60. The molecule has 0 fully saturated rings. The minimum Gasteiger partial charge on any atom is -0.330 e. The van der Waals surface area contributed by atoms with Gasteiger partial charge in [0.05, 0.1) is 5.41 Å². The summed E-state index contributed by atoms with van der Waals surface area (Å²) in [4.78, 5) is 11.9. The molecular weight excluding hydrogens is 200 g/mol. The van der Waals surface area contributed by atoms with Crippen molar-refractivity contribution in [1.29, 1.82) is 0 Å². The molecule has 1 aliphatic rings. The molecule has 0 spiro atoms. The maximum atomic E-state index is 11.9. The summed E-state index contributed by atoms with van der Waals surface area (Å²) in [5.41, 5.74) is 9.58. The van der Waals surface area contributed by atoms with Gasteiger partial charge in [-0.15, -0.1) is 0 Å². The highest BCUT2D eigenvalue weighted by Crippen LogP contribution is 2.40. The van der Waals surface area contributed by atoms with E-state index in [1.54, 1.807) is 0 Å². The third-order valence-corrected chi connectivity index (χ3v) is 3.26. The van der Waals surface area contributed by atoms with E-state index in [0.29, 0.717) is 6.54 Å². The summed E-state index contributed by atoms with van der Waals surface area (Å²) in [6.07, 6.45) is 0.806. The largest absolute Gasteiger partial charge is 0.330 e. The van der Waals surface area contributed by atoms with Crippen LogP contribution in [0.25, 0.3) is 0 Å².